The second kappa shape index (κ2) is 8.78. The first-order chi connectivity index (χ1) is 15.3. The number of likely N-dealkylation sites (N-methyl/N-ethyl adjacent to an activating group) is 1. The maximum Gasteiger partial charge on any atom is 0.243 e. The summed E-state index contributed by atoms with van der Waals surface area (Å²) in [5, 5.41) is 8.87. The van der Waals surface area contributed by atoms with Crippen molar-refractivity contribution in [3.05, 3.63) is 71.8 Å². The molecule has 4 aromatic rings. The lowest BCUT2D eigenvalue weighted by Gasteiger charge is -2.17. The topological polar surface area (TPSA) is 75.9 Å². The van der Waals surface area contributed by atoms with Gasteiger partial charge in [-0.1, -0.05) is 35.9 Å². The Morgan fingerprint density at radius 1 is 1.09 bits per heavy atom. The van der Waals surface area contributed by atoms with E-state index in [0.717, 1.165) is 33.7 Å². The van der Waals surface area contributed by atoms with E-state index in [2.05, 4.69) is 59.6 Å². The van der Waals surface area contributed by atoms with E-state index in [1.807, 2.05) is 25.3 Å². The molecule has 0 saturated heterocycles. The van der Waals surface area contributed by atoms with Gasteiger partial charge in [0.1, 0.15) is 18.2 Å². The van der Waals surface area contributed by atoms with Crippen LogP contribution < -0.4 is 5.32 Å². The molecule has 0 bridgehead atoms. The van der Waals surface area contributed by atoms with Crippen LogP contribution in [0.3, 0.4) is 0 Å². The maximum atomic E-state index is 12.0. The molecule has 0 aliphatic carbocycles. The zero-order valence-corrected chi connectivity index (χ0v) is 19.1. The van der Waals surface area contributed by atoms with Gasteiger partial charge in [0.15, 0.2) is 0 Å². The van der Waals surface area contributed by atoms with Gasteiger partial charge in [-0.2, -0.15) is 5.10 Å². The van der Waals surface area contributed by atoms with E-state index < -0.39 is 0 Å². The highest BCUT2D eigenvalue weighted by Crippen LogP contribution is 2.29. The fraction of sp³-hybridized carbons (Fsp3) is 0.280. The average molecular weight is 429 g/mol. The predicted octanol–water partition coefficient (Wildman–Crippen LogP) is 4.37. The van der Waals surface area contributed by atoms with Gasteiger partial charge in [0.2, 0.25) is 5.91 Å². The van der Waals surface area contributed by atoms with E-state index in [0.29, 0.717) is 0 Å². The molecule has 1 N–H and O–H groups in total. The Morgan fingerprint density at radius 3 is 2.66 bits per heavy atom. The number of carbonyl (C=O) groups is 1. The van der Waals surface area contributed by atoms with E-state index in [-0.39, 0.29) is 18.5 Å². The highest BCUT2D eigenvalue weighted by atomic mass is 16.2. The van der Waals surface area contributed by atoms with Crippen LogP contribution in [0, 0.1) is 13.8 Å². The first kappa shape index (κ1) is 21.5. The first-order valence-electron chi connectivity index (χ1n) is 10.6. The summed E-state index contributed by atoms with van der Waals surface area (Å²) in [7, 11) is 3.48. The molecule has 0 fully saturated rings. The van der Waals surface area contributed by atoms with E-state index in [9.17, 15) is 4.79 Å². The Hall–Kier alpha value is -3.74. The maximum absolute atomic E-state index is 12.0. The molecule has 0 unspecified atom stereocenters. The number of aryl methyl sites for hydroxylation is 2. The SMILES string of the molecule is Cc1cccc([C@H](C)Nc2nc(C)nc3ccc(-c4cnn(CC(=O)N(C)C)c4)cc23)c1. The number of nitrogens with zero attached hydrogens (tertiary/aromatic N) is 5. The van der Waals surface area contributed by atoms with Crippen LogP contribution in [0.25, 0.3) is 22.0 Å². The summed E-state index contributed by atoms with van der Waals surface area (Å²) in [6.07, 6.45) is 3.67. The lowest BCUT2D eigenvalue weighted by atomic mass is 10.0. The van der Waals surface area contributed by atoms with Crippen molar-refractivity contribution in [2.24, 2.45) is 0 Å². The minimum Gasteiger partial charge on any atom is -0.363 e. The zero-order chi connectivity index (χ0) is 22.8. The number of carbonyl (C=O) groups excluding carboxylic acids is 1. The molecule has 164 valence electrons. The van der Waals surface area contributed by atoms with Crippen molar-refractivity contribution < 1.29 is 4.79 Å². The van der Waals surface area contributed by atoms with Crippen molar-refractivity contribution in [1.82, 2.24) is 24.6 Å². The van der Waals surface area contributed by atoms with Gasteiger partial charge in [0.25, 0.3) is 0 Å². The zero-order valence-electron chi connectivity index (χ0n) is 19.1. The van der Waals surface area contributed by atoms with E-state index in [4.69, 9.17) is 4.98 Å². The quantitative estimate of drug-likeness (QED) is 0.493. The highest BCUT2D eigenvalue weighted by Gasteiger charge is 2.13. The Labute approximate surface area is 188 Å². The summed E-state index contributed by atoms with van der Waals surface area (Å²) < 4.78 is 1.66. The van der Waals surface area contributed by atoms with Crippen LogP contribution in [0.1, 0.15) is 29.9 Å². The van der Waals surface area contributed by atoms with Crippen molar-refractivity contribution >= 4 is 22.6 Å². The number of benzene rings is 2. The molecule has 0 aliphatic heterocycles. The lowest BCUT2D eigenvalue weighted by molar-refractivity contribution is -0.129. The van der Waals surface area contributed by atoms with E-state index >= 15 is 0 Å². The molecule has 0 spiro atoms. The second-order valence-corrected chi connectivity index (χ2v) is 8.35. The van der Waals surface area contributed by atoms with Gasteiger partial charge in [0, 0.05) is 37.3 Å². The van der Waals surface area contributed by atoms with Gasteiger partial charge in [-0.05, 0) is 44.0 Å². The smallest absolute Gasteiger partial charge is 0.243 e. The molecule has 1 amide bonds. The third-order valence-electron chi connectivity index (χ3n) is 5.47. The van der Waals surface area contributed by atoms with Crippen molar-refractivity contribution in [1.29, 1.82) is 0 Å². The van der Waals surface area contributed by atoms with Gasteiger partial charge in [0.05, 0.1) is 11.7 Å². The third kappa shape index (κ3) is 4.61. The van der Waals surface area contributed by atoms with Crippen LogP contribution in [0.2, 0.25) is 0 Å². The largest absolute Gasteiger partial charge is 0.363 e. The summed E-state index contributed by atoms with van der Waals surface area (Å²) in [6.45, 7) is 6.35. The number of anilines is 1. The summed E-state index contributed by atoms with van der Waals surface area (Å²) in [4.78, 5) is 22.9. The summed E-state index contributed by atoms with van der Waals surface area (Å²) in [6, 6.07) is 14.7. The molecular formula is C25H28N6O. The number of amides is 1. The molecule has 2 aromatic carbocycles. The number of hydrogen-bond acceptors (Lipinski definition) is 5. The second-order valence-electron chi connectivity index (χ2n) is 8.35. The van der Waals surface area contributed by atoms with Crippen molar-refractivity contribution in [3.8, 4) is 11.1 Å². The standard InChI is InChI=1S/C25H28N6O/c1-16-7-6-8-19(11-16)17(2)27-25-22-12-20(9-10-23(22)28-18(3)29-25)21-13-26-31(14-21)15-24(32)30(4)5/h6-14,17H,15H2,1-5H3,(H,27,28,29)/t17-/m0/s1. The van der Waals surface area contributed by atoms with E-state index in [1.165, 1.54) is 11.1 Å². The lowest BCUT2D eigenvalue weighted by Crippen LogP contribution is -2.26. The summed E-state index contributed by atoms with van der Waals surface area (Å²) in [5.41, 5.74) is 5.26. The average Bonchev–Trinajstić information content (AvgIpc) is 3.21. The normalized spacial score (nSPS) is 12.0. The summed E-state index contributed by atoms with van der Waals surface area (Å²) in [5.74, 6) is 1.52. The summed E-state index contributed by atoms with van der Waals surface area (Å²) >= 11 is 0. The molecule has 1 atom stereocenters. The Morgan fingerprint density at radius 2 is 1.91 bits per heavy atom. The van der Waals surface area contributed by atoms with Crippen LogP contribution in [0.5, 0.6) is 0 Å². The van der Waals surface area contributed by atoms with Crippen LogP contribution in [0.4, 0.5) is 5.82 Å². The number of aromatic nitrogens is 4. The molecule has 0 aliphatic rings. The molecule has 7 heteroatoms. The van der Waals surface area contributed by atoms with Crippen LogP contribution in [-0.2, 0) is 11.3 Å². The molecule has 32 heavy (non-hydrogen) atoms. The van der Waals surface area contributed by atoms with Gasteiger partial charge >= 0.3 is 0 Å². The van der Waals surface area contributed by atoms with Crippen molar-refractivity contribution in [2.75, 3.05) is 19.4 Å². The number of hydrogen-bond donors (Lipinski definition) is 1. The fourth-order valence-corrected chi connectivity index (χ4v) is 3.64. The fourth-order valence-electron chi connectivity index (χ4n) is 3.64. The van der Waals surface area contributed by atoms with Crippen LogP contribution in [-0.4, -0.2) is 44.7 Å². The predicted molar refractivity (Wildman–Crippen MR) is 127 cm³/mol. The van der Waals surface area contributed by atoms with Gasteiger partial charge in [-0.25, -0.2) is 9.97 Å². The van der Waals surface area contributed by atoms with Crippen LogP contribution >= 0.6 is 0 Å². The Balaban J connectivity index is 1.67. The van der Waals surface area contributed by atoms with Gasteiger partial charge in [-0.15, -0.1) is 0 Å². The first-order valence-corrected chi connectivity index (χ1v) is 10.6. The van der Waals surface area contributed by atoms with Crippen molar-refractivity contribution in [3.63, 3.8) is 0 Å². The Kier molecular flexibility index (Phi) is 5.90. The molecule has 2 aromatic heterocycles. The van der Waals surface area contributed by atoms with Crippen LogP contribution in [0.15, 0.2) is 54.9 Å². The minimum absolute atomic E-state index is 0.00124. The molecule has 7 nitrogen and oxygen atoms in total. The molecule has 0 saturated carbocycles. The molecular weight excluding hydrogens is 400 g/mol. The number of rotatable bonds is 6. The minimum atomic E-state index is -0.00124. The highest BCUT2D eigenvalue weighted by molar-refractivity contribution is 5.92. The molecule has 4 rings (SSSR count). The van der Waals surface area contributed by atoms with Crippen molar-refractivity contribution in [2.45, 2.75) is 33.4 Å². The van der Waals surface area contributed by atoms with Gasteiger partial charge in [-0.3, -0.25) is 9.48 Å². The Bertz CT molecular complexity index is 1280. The third-order valence-corrected chi connectivity index (χ3v) is 5.47. The molecule has 0 radical (unpaired) electrons. The number of nitrogens with one attached hydrogen (secondary N) is 1. The van der Waals surface area contributed by atoms with E-state index in [1.54, 1.807) is 29.9 Å². The van der Waals surface area contributed by atoms with Gasteiger partial charge < -0.3 is 10.2 Å². The molecule has 2 heterocycles. The number of fused-ring (bicyclic) bond motifs is 1. The monoisotopic (exact) mass is 428 g/mol.